The zero-order valence-electron chi connectivity index (χ0n) is 16.2. The number of benzene rings is 1. The highest BCUT2D eigenvalue weighted by molar-refractivity contribution is 5.96. The maximum absolute atomic E-state index is 12.8. The maximum Gasteiger partial charge on any atom is 0.251 e. The molecule has 7 nitrogen and oxygen atoms in total. The number of amides is 2. The second-order valence-corrected chi connectivity index (χ2v) is 8.09. The van der Waals surface area contributed by atoms with Crippen LogP contribution in [0.25, 0.3) is 0 Å². The number of anilines is 1. The molecule has 0 unspecified atom stereocenters. The smallest absolute Gasteiger partial charge is 0.251 e. The van der Waals surface area contributed by atoms with E-state index in [9.17, 15) is 9.59 Å². The normalized spacial score (nSPS) is 19.7. The van der Waals surface area contributed by atoms with E-state index >= 15 is 0 Å². The summed E-state index contributed by atoms with van der Waals surface area (Å²) in [4.78, 5) is 24.9. The van der Waals surface area contributed by atoms with Gasteiger partial charge in [0.05, 0.1) is 12.1 Å². The largest absolute Gasteiger partial charge is 0.347 e. The van der Waals surface area contributed by atoms with Gasteiger partial charge in [-0.05, 0) is 50.6 Å². The molecule has 2 aromatic rings. The summed E-state index contributed by atoms with van der Waals surface area (Å²) in [5.74, 6) is -0.202. The van der Waals surface area contributed by atoms with Crippen LogP contribution in [-0.4, -0.2) is 40.2 Å². The molecule has 7 heteroatoms. The molecule has 1 aliphatic heterocycles. The number of aromatic nitrogens is 2. The summed E-state index contributed by atoms with van der Waals surface area (Å²) in [6.07, 6.45) is 3.78. The highest BCUT2D eigenvalue weighted by Crippen LogP contribution is 2.28. The molecule has 0 bridgehead atoms. The van der Waals surface area contributed by atoms with E-state index in [0.717, 1.165) is 12.1 Å². The van der Waals surface area contributed by atoms with Gasteiger partial charge in [-0.2, -0.15) is 5.10 Å². The topological polar surface area (TPSA) is 88.0 Å². The van der Waals surface area contributed by atoms with E-state index in [2.05, 4.69) is 21.0 Å². The number of aryl methyl sites for hydroxylation is 1. The van der Waals surface area contributed by atoms with Crippen LogP contribution < -0.4 is 16.0 Å². The number of nitrogens with zero attached hydrogens (tertiary/aromatic N) is 2. The molecule has 144 valence electrons. The molecule has 1 fully saturated rings. The third-order valence-electron chi connectivity index (χ3n) is 4.61. The lowest BCUT2D eigenvalue weighted by atomic mass is 9.90. The molecule has 0 saturated carbocycles. The summed E-state index contributed by atoms with van der Waals surface area (Å²) >= 11 is 0. The number of hydrogen-bond acceptors (Lipinski definition) is 4. The van der Waals surface area contributed by atoms with Gasteiger partial charge < -0.3 is 16.0 Å². The van der Waals surface area contributed by atoms with Gasteiger partial charge in [0.25, 0.3) is 5.91 Å². The lowest BCUT2D eigenvalue weighted by molar-refractivity contribution is -0.119. The van der Waals surface area contributed by atoms with Crippen molar-refractivity contribution in [1.29, 1.82) is 0 Å². The number of carbonyl (C=O) groups is 2. The summed E-state index contributed by atoms with van der Waals surface area (Å²) < 4.78 is 1.75. The summed E-state index contributed by atoms with van der Waals surface area (Å²) in [5, 5.41) is 13.4. The molecule has 1 saturated heterocycles. The maximum atomic E-state index is 12.8. The Morgan fingerprint density at radius 1 is 1.19 bits per heavy atom. The minimum atomic E-state index is -0.291. The fourth-order valence-corrected chi connectivity index (χ4v) is 3.29. The summed E-state index contributed by atoms with van der Waals surface area (Å²) in [6.45, 7) is 7.21. The van der Waals surface area contributed by atoms with Crippen molar-refractivity contribution >= 4 is 17.5 Å². The first-order valence-electron chi connectivity index (χ1n) is 9.15. The Hall–Kier alpha value is -2.67. The highest BCUT2D eigenvalue weighted by Gasteiger charge is 2.34. The fraction of sp³-hybridized carbons (Fsp3) is 0.450. The van der Waals surface area contributed by atoms with Crippen molar-refractivity contribution in [3.8, 4) is 0 Å². The Labute approximate surface area is 159 Å². The molecule has 1 aromatic heterocycles. The van der Waals surface area contributed by atoms with Crippen LogP contribution in [0.3, 0.4) is 0 Å². The molecular formula is C20H27N5O2. The highest BCUT2D eigenvalue weighted by atomic mass is 16.2. The van der Waals surface area contributed by atoms with Gasteiger partial charge in [-0.3, -0.25) is 14.3 Å². The zero-order valence-corrected chi connectivity index (χ0v) is 16.2. The van der Waals surface area contributed by atoms with Gasteiger partial charge in [-0.25, -0.2) is 0 Å². The summed E-state index contributed by atoms with van der Waals surface area (Å²) in [7, 11) is 1.87. The van der Waals surface area contributed by atoms with Gasteiger partial charge in [-0.15, -0.1) is 0 Å². The first kappa shape index (κ1) is 19.1. The van der Waals surface area contributed by atoms with Crippen molar-refractivity contribution in [2.75, 3.05) is 18.4 Å². The van der Waals surface area contributed by atoms with Crippen LogP contribution in [0, 0.1) is 5.92 Å². The van der Waals surface area contributed by atoms with E-state index in [-0.39, 0.29) is 29.2 Å². The molecule has 2 heterocycles. The second kappa shape index (κ2) is 7.52. The fourth-order valence-electron chi connectivity index (χ4n) is 3.29. The van der Waals surface area contributed by atoms with Crippen LogP contribution in [0.1, 0.15) is 42.6 Å². The van der Waals surface area contributed by atoms with E-state index < -0.39 is 0 Å². The van der Waals surface area contributed by atoms with Crippen LogP contribution in [0.2, 0.25) is 0 Å². The average Bonchev–Trinajstić information content (AvgIpc) is 3.22. The van der Waals surface area contributed by atoms with Gasteiger partial charge in [-0.1, -0.05) is 0 Å². The number of nitrogens with one attached hydrogen (secondary N) is 3. The Bertz CT molecular complexity index is 820. The van der Waals surface area contributed by atoms with E-state index in [1.54, 1.807) is 28.9 Å². The number of carbonyl (C=O) groups excluding carboxylic acids is 2. The minimum absolute atomic E-state index is 0.0271. The van der Waals surface area contributed by atoms with Crippen LogP contribution in [-0.2, 0) is 11.8 Å². The zero-order chi connectivity index (χ0) is 19.6. The molecule has 1 aliphatic rings. The second-order valence-electron chi connectivity index (χ2n) is 8.09. The van der Waals surface area contributed by atoms with E-state index in [1.807, 2.05) is 40.2 Å². The molecule has 0 aliphatic carbocycles. The quantitative estimate of drug-likeness (QED) is 0.768. The van der Waals surface area contributed by atoms with Crippen molar-refractivity contribution in [3.63, 3.8) is 0 Å². The van der Waals surface area contributed by atoms with E-state index in [0.29, 0.717) is 17.8 Å². The molecule has 3 rings (SSSR count). The predicted octanol–water partition coefficient (Wildman–Crippen LogP) is 1.89. The van der Waals surface area contributed by atoms with Crippen molar-refractivity contribution in [1.82, 2.24) is 20.4 Å². The lowest BCUT2D eigenvalue weighted by Crippen LogP contribution is -2.40. The number of hydrogen-bond donors (Lipinski definition) is 3. The van der Waals surface area contributed by atoms with E-state index in [1.165, 1.54) is 0 Å². The van der Waals surface area contributed by atoms with Crippen LogP contribution in [0.5, 0.6) is 0 Å². The van der Waals surface area contributed by atoms with Gasteiger partial charge in [0.2, 0.25) is 5.91 Å². The van der Waals surface area contributed by atoms with Crippen LogP contribution in [0.4, 0.5) is 5.69 Å². The summed E-state index contributed by atoms with van der Waals surface area (Å²) in [5.41, 5.74) is 2.03. The first-order chi connectivity index (χ1) is 12.7. The minimum Gasteiger partial charge on any atom is -0.347 e. The standard InChI is InChI=1S/C20H27N5O2/c1-20(2,3)24-18(26)13-5-7-15(8-6-13)23-19(27)17-11-21-10-16(17)14-9-22-25(4)12-14/h5-9,12,16-17,21H,10-11H2,1-4H3,(H,23,27)(H,24,26)/t16-,17+/m1/s1. The van der Waals surface area contributed by atoms with Crippen molar-refractivity contribution < 1.29 is 9.59 Å². The lowest BCUT2D eigenvalue weighted by Gasteiger charge is -2.20. The molecule has 0 spiro atoms. The molecule has 0 radical (unpaired) electrons. The predicted molar refractivity (Wildman–Crippen MR) is 105 cm³/mol. The Morgan fingerprint density at radius 3 is 2.48 bits per heavy atom. The van der Waals surface area contributed by atoms with Crippen LogP contribution >= 0.6 is 0 Å². The molecule has 2 atom stereocenters. The molecule has 3 N–H and O–H groups in total. The SMILES string of the molecule is Cn1cc([C@H]2CNC[C@@H]2C(=O)Nc2ccc(C(=O)NC(C)(C)C)cc2)cn1. The average molecular weight is 369 g/mol. The van der Waals surface area contributed by atoms with E-state index in [4.69, 9.17) is 0 Å². The molecule has 2 amide bonds. The Kier molecular flexibility index (Phi) is 5.32. The third kappa shape index (κ3) is 4.74. The third-order valence-corrected chi connectivity index (χ3v) is 4.61. The van der Waals surface area contributed by atoms with Crippen molar-refractivity contribution in [2.24, 2.45) is 13.0 Å². The first-order valence-corrected chi connectivity index (χ1v) is 9.15. The van der Waals surface area contributed by atoms with Gasteiger partial charge in [0.15, 0.2) is 0 Å². The molecule has 1 aromatic carbocycles. The van der Waals surface area contributed by atoms with Crippen molar-refractivity contribution in [3.05, 3.63) is 47.8 Å². The Balaban J connectivity index is 1.64. The van der Waals surface area contributed by atoms with Gasteiger partial charge >= 0.3 is 0 Å². The number of rotatable bonds is 4. The monoisotopic (exact) mass is 369 g/mol. The Morgan fingerprint density at radius 2 is 1.89 bits per heavy atom. The van der Waals surface area contributed by atoms with Gasteiger partial charge in [0, 0.05) is 49.0 Å². The van der Waals surface area contributed by atoms with Crippen LogP contribution in [0.15, 0.2) is 36.7 Å². The summed E-state index contributed by atoms with van der Waals surface area (Å²) in [6, 6.07) is 6.97. The molecule has 27 heavy (non-hydrogen) atoms. The molecular weight excluding hydrogens is 342 g/mol. The van der Waals surface area contributed by atoms with Crippen molar-refractivity contribution in [2.45, 2.75) is 32.2 Å². The van der Waals surface area contributed by atoms with Gasteiger partial charge in [0.1, 0.15) is 0 Å².